The van der Waals surface area contributed by atoms with Gasteiger partial charge in [-0.25, -0.2) is 4.98 Å². The molecule has 0 aliphatic carbocycles. The standard InChI is InChI=1S/C16H17N5/c1-2-5-13(12(4-1)10-21-9-3-7-20-21)15-16-14(6-8-17-15)18-11-19-16/h1-5,7,9,11,15,17H,6,8,10H2,(H,18,19)/t15-/m0/s1. The maximum Gasteiger partial charge on any atom is 0.0926 e. The van der Waals surface area contributed by atoms with E-state index in [0.29, 0.717) is 0 Å². The van der Waals surface area contributed by atoms with E-state index in [9.17, 15) is 0 Å². The monoisotopic (exact) mass is 279 g/mol. The van der Waals surface area contributed by atoms with Gasteiger partial charge in [0.25, 0.3) is 0 Å². The van der Waals surface area contributed by atoms with Crippen molar-refractivity contribution in [3.8, 4) is 0 Å². The lowest BCUT2D eigenvalue weighted by Crippen LogP contribution is -2.31. The van der Waals surface area contributed by atoms with E-state index in [1.165, 1.54) is 16.8 Å². The Morgan fingerprint density at radius 3 is 3.10 bits per heavy atom. The van der Waals surface area contributed by atoms with Crippen LogP contribution in [0.2, 0.25) is 0 Å². The van der Waals surface area contributed by atoms with Crippen molar-refractivity contribution in [3.05, 3.63) is 71.6 Å². The fraction of sp³-hybridized carbons (Fsp3) is 0.250. The molecular formula is C16H17N5. The minimum absolute atomic E-state index is 0.159. The van der Waals surface area contributed by atoms with Crippen molar-refractivity contribution in [2.45, 2.75) is 19.0 Å². The van der Waals surface area contributed by atoms with E-state index in [2.05, 4.69) is 44.6 Å². The van der Waals surface area contributed by atoms with Gasteiger partial charge in [-0.3, -0.25) is 4.68 Å². The van der Waals surface area contributed by atoms with Crippen molar-refractivity contribution >= 4 is 0 Å². The van der Waals surface area contributed by atoms with Gasteiger partial charge in [0.05, 0.1) is 24.6 Å². The maximum atomic E-state index is 4.51. The summed E-state index contributed by atoms with van der Waals surface area (Å²) in [4.78, 5) is 7.77. The van der Waals surface area contributed by atoms with Crippen LogP contribution in [0.4, 0.5) is 0 Å². The zero-order valence-corrected chi connectivity index (χ0v) is 11.7. The van der Waals surface area contributed by atoms with Gasteiger partial charge in [-0.1, -0.05) is 24.3 Å². The highest BCUT2D eigenvalue weighted by atomic mass is 15.3. The van der Waals surface area contributed by atoms with Crippen molar-refractivity contribution in [3.63, 3.8) is 0 Å². The molecule has 106 valence electrons. The summed E-state index contributed by atoms with van der Waals surface area (Å²) in [6, 6.07) is 10.6. The average Bonchev–Trinajstić information content (AvgIpc) is 3.18. The molecule has 1 aromatic carbocycles. The molecule has 1 aliphatic rings. The summed E-state index contributed by atoms with van der Waals surface area (Å²) < 4.78 is 1.95. The number of hydrogen-bond acceptors (Lipinski definition) is 3. The summed E-state index contributed by atoms with van der Waals surface area (Å²) in [5.74, 6) is 0. The first-order valence-electron chi connectivity index (χ1n) is 7.22. The van der Waals surface area contributed by atoms with Crippen LogP contribution in [-0.4, -0.2) is 26.3 Å². The fourth-order valence-corrected chi connectivity index (χ4v) is 3.00. The number of fused-ring (bicyclic) bond motifs is 1. The molecule has 0 fully saturated rings. The van der Waals surface area contributed by atoms with Gasteiger partial charge in [0.15, 0.2) is 0 Å². The quantitative estimate of drug-likeness (QED) is 0.769. The van der Waals surface area contributed by atoms with Crippen molar-refractivity contribution in [2.75, 3.05) is 6.54 Å². The van der Waals surface area contributed by atoms with Gasteiger partial charge in [0, 0.05) is 31.1 Å². The summed E-state index contributed by atoms with van der Waals surface area (Å²) in [6.45, 7) is 1.75. The molecule has 0 spiro atoms. The highest BCUT2D eigenvalue weighted by Gasteiger charge is 2.25. The summed E-state index contributed by atoms with van der Waals surface area (Å²) >= 11 is 0. The molecule has 21 heavy (non-hydrogen) atoms. The second kappa shape index (κ2) is 5.18. The van der Waals surface area contributed by atoms with Crippen LogP contribution >= 0.6 is 0 Å². The minimum atomic E-state index is 0.159. The van der Waals surface area contributed by atoms with Crippen LogP contribution < -0.4 is 5.32 Å². The molecule has 0 bridgehead atoms. The predicted molar refractivity (Wildman–Crippen MR) is 79.9 cm³/mol. The summed E-state index contributed by atoms with van der Waals surface area (Å²) in [6.07, 6.45) is 6.60. The molecular weight excluding hydrogens is 262 g/mol. The first-order valence-corrected chi connectivity index (χ1v) is 7.22. The Morgan fingerprint density at radius 1 is 1.24 bits per heavy atom. The largest absolute Gasteiger partial charge is 0.348 e. The first-order chi connectivity index (χ1) is 10.4. The zero-order valence-electron chi connectivity index (χ0n) is 11.7. The van der Waals surface area contributed by atoms with Crippen molar-refractivity contribution in [1.82, 2.24) is 25.1 Å². The lowest BCUT2D eigenvalue weighted by molar-refractivity contribution is 0.546. The lowest BCUT2D eigenvalue weighted by atomic mass is 9.94. The molecule has 0 unspecified atom stereocenters. The van der Waals surface area contributed by atoms with E-state index >= 15 is 0 Å². The summed E-state index contributed by atoms with van der Waals surface area (Å²) in [5, 5.41) is 7.89. The molecule has 1 aliphatic heterocycles. The Balaban J connectivity index is 1.73. The van der Waals surface area contributed by atoms with Crippen molar-refractivity contribution in [1.29, 1.82) is 0 Å². The predicted octanol–water partition coefficient (Wildman–Crippen LogP) is 1.89. The Morgan fingerprint density at radius 2 is 2.19 bits per heavy atom. The number of benzene rings is 1. The molecule has 0 saturated carbocycles. The molecule has 5 nitrogen and oxygen atoms in total. The topological polar surface area (TPSA) is 58.5 Å². The van der Waals surface area contributed by atoms with Crippen LogP contribution in [-0.2, 0) is 13.0 Å². The molecule has 1 atom stereocenters. The number of aromatic amines is 1. The van der Waals surface area contributed by atoms with E-state index in [1.807, 2.05) is 23.1 Å². The van der Waals surface area contributed by atoms with Gasteiger partial charge in [-0.05, 0) is 17.2 Å². The molecule has 3 heterocycles. The molecule has 3 aromatic rings. The maximum absolute atomic E-state index is 4.51. The third-order valence-corrected chi connectivity index (χ3v) is 4.01. The number of H-pyrrole nitrogens is 1. The van der Waals surface area contributed by atoms with Gasteiger partial charge < -0.3 is 10.3 Å². The van der Waals surface area contributed by atoms with Crippen LogP contribution in [0.15, 0.2) is 49.1 Å². The van der Waals surface area contributed by atoms with Crippen LogP contribution in [0, 0.1) is 0 Å². The summed E-state index contributed by atoms with van der Waals surface area (Å²) in [7, 11) is 0. The van der Waals surface area contributed by atoms with E-state index in [0.717, 1.165) is 25.2 Å². The molecule has 4 rings (SSSR count). The third kappa shape index (κ3) is 2.25. The Kier molecular flexibility index (Phi) is 3.05. The van der Waals surface area contributed by atoms with Crippen molar-refractivity contribution in [2.24, 2.45) is 0 Å². The van der Waals surface area contributed by atoms with Gasteiger partial charge in [0.2, 0.25) is 0 Å². The van der Waals surface area contributed by atoms with Gasteiger partial charge in [-0.2, -0.15) is 5.10 Å². The SMILES string of the molecule is c1ccc([C@@H]2NCCc3[nH]cnc32)c(Cn2cccn2)c1. The minimum Gasteiger partial charge on any atom is -0.348 e. The number of aromatic nitrogens is 4. The Bertz CT molecular complexity index is 729. The molecule has 2 N–H and O–H groups in total. The highest BCUT2D eigenvalue weighted by Crippen LogP contribution is 2.28. The molecule has 5 heteroatoms. The van der Waals surface area contributed by atoms with Crippen molar-refractivity contribution < 1.29 is 0 Å². The van der Waals surface area contributed by atoms with Crippen LogP contribution in [0.25, 0.3) is 0 Å². The molecule has 2 aromatic heterocycles. The number of nitrogens with zero attached hydrogens (tertiary/aromatic N) is 3. The normalized spacial score (nSPS) is 17.6. The van der Waals surface area contributed by atoms with Crippen LogP contribution in [0.5, 0.6) is 0 Å². The molecule has 0 saturated heterocycles. The Labute approximate surface area is 123 Å². The van der Waals surface area contributed by atoms with Gasteiger partial charge in [-0.15, -0.1) is 0 Å². The van der Waals surface area contributed by atoms with Crippen LogP contribution in [0.3, 0.4) is 0 Å². The average molecular weight is 279 g/mol. The molecule has 0 radical (unpaired) electrons. The van der Waals surface area contributed by atoms with E-state index < -0.39 is 0 Å². The van der Waals surface area contributed by atoms with E-state index in [1.54, 1.807) is 6.33 Å². The third-order valence-electron chi connectivity index (χ3n) is 4.01. The molecule has 0 amide bonds. The van der Waals surface area contributed by atoms with Gasteiger partial charge >= 0.3 is 0 Å². The second-order valence-corrected chi connectivity index (χ2v) is 5.31. The van der Waals surface area contributed by atoms with Gasteiger partial charge in [0.1, 0.15) is 0 Å². The fourth-order valence-electron chi connectivity index (χ4n) is 3.00. The zero-order chi connectivity index (χ0) is 14.1. The lowest BCUT2D eigenvalue weighted by Gasteiger charge is -2.25. The van der Waals surface area contributed by atoms with Crippen LogP contribution in [0.1, 0.15) is 28.6 Å². The first kappa shape index (κ1) is 12.3. The second-order valence-electron chi connectivity index (χ2n) is 5.31. The summed E-state index contributed by atoms with van der Waals surface area (Å²) in [5.41, 5.74) is 4.91. The number of hydrogen-bond donors (Lipinski definition) is 2. The number of rotatable bonds is 3. The highest BCUT2D eigenvalue weighted by molar-refractivity contribution is 5.38. The smallest absolute Gasteiger partial charge is 0.0926 e. The number of nitrogens with one attached hydrogen (secondary N) is 2. The Hall–Kier alpha value is -2.40. The van der Waals surface area contributed by atoms with E-state index in [4.69, 9.17) is 0 Å². The van der Waals surface area contributed by atoms with E-state index in [-0.39, 0.29) is 6.04 Å². The number of imidazole rings is 1.